The van der Waals surface area contributed by atoms with Crippen LogP contribution in [0.4, 0.5) is 5.95 Å². The van der Waals surface area contributed by atoms with E-state index < -0.39 is 23.8 Å². The van der Waals surface area contributed by atoms with E-state index in [0.29, 0.717) is 38.1 Å². The Morgan fingerprint density at radius 2 is 1.69 bits per heavy atom. The van der Waals surface area contributed by atoms with Crippen LogP contribution in [0.5, 0.6) is 0 Å². The van der Waals surface area contributed by atoms with E-state index in [1.807, 2.05) is 35.2 Å². The van der Waals surface area contributed by atoms with Crippen LogP contribution in [0.1, 0.15) is 11.6 Å². The summed E-state index contributed by atoms with van der Waals surface area (Å²) in [5, 5.41) is 2.79. The second kappa shape index (κ2) is 8.26. The Morgan fingerprint density at radius 3 is 2.34 bits per heavy atom. The van der Waals surface area contributed by atoms with Crippen LogP contribution in [0.3, 0.4) is 0 Å². The standard InChI is InChI=1S/C20H22N6O3/c1-29-18(28)15-16(14-6-3-2-4-7-14)23-20(24-17(15)27)26-12-10-25(11-13-26)19-21-8-5-9-22-19/h2-9,15-16H,10-13H2,1H3,(H,23,24,27)/t15-,16-/m1/s1. The molecule has 1 fully saturated rings. The Morgan fingerprint density at radius 1 is 1.03 bits per heavy atom. The summed E-state index contributed by atoms with van der Waals surface area (Å²) in [7, 11) is 1.28. The lowest BCUT2D eigenvalue weighted by molar-refractivity contribution is -0.151. The van der Waals surface area contributed by atoms with Gasteiger partial charge in [0.05, 0.1) is 7.11 Å². The minimum absolute atomic E-state index is 0.399. The molecule has 0 bridgehead atoms. The minimum Gasteiger partial charge on any atom is -0.468 e. The first-order chi connectivity index (χ1) is 14.2. The number of ether oxygens (including phenoxy) is 1. The molecule has 1 amide bonds. The predicted octanol–water partition coefficient (Wildman–Crippen LogP) is 0.615. The summed E-state index contributed by atoms with van der Waals surface area (Å²) in [6.07, 6.45) is 3.44. The Labute approximate surface area is 168 Å². The van der Waals surface area contributed by atoms with Gasteiger partial charge < -0.3 is 14.5 Å². The zero-order valence-corrected chi connectivity index (χ0v) is 16.1. The van der Waals surface area contributed by atoms with Crippen LogP contribution < -0.4 is 10.2 Å². The van der Waals surface area contributed by atoms with Gasteiger partial charge in [-0.05, 0) is 11.6 Å². The van der Waals surface area contributed by atoms with E-state index in [0.717, 1.165) is 5.56 Å². The van der Waals surface area contributed by atoms with Gasteiger partial charge in [0.1, 0.15) is 6.04 Å². The molecule has 0 unspecified atom stereocenters. The van der Waals surface area contributed by atoms with Gasteiger partial charge in [0.15, 0.2) is 5.92 Å². The zero-order chi connectivity index (χ0) is 20.2. The van der Waals surface area contributed by atoms with Crippen LogP contribution in [-0.2, 0) is 14.3 Å². The van der Waals surface area contributed by atoms with Gasteiger partial charge in [-0.2, -0.15) is 0 Å². The molecule has 150 valence electrons. The molecule has 2 aliphatic heterocycles. The van der Waals surface area contributed by atoms with Crippen LogP contribution in [0.2, 0.25) is 0 Å². The third kappa shape index (κ3) is 3.89. The summed E-state index contributed by atoms with van der Waals surface area (Å²) in [5.74, 6) is -0.827. The third-order valence-corrected chi connectivity index (χ3v) is 5.10. The van der Waals surface area contributed by atoms with E-state index in [-0.39, 0.29) is 0 Å². The largest absolute Gasteiger partial charge is 0.468 e. The number of guanidine groups is 1. The van der Waals surface area contributed by atoms with Crippen molar-refractivity contribution in [3.8, 4) is 0 Å². The van der Waals surface area contributed by atoms with Gasteiger partial charge in [0.2, 0.25) is 17.8 Å². The lowest BCUT2D eigenvalue weighted by atomic mass is 9.91. The number of nitrogens with one attached hydrogen (secondary N) is 1. The molecule has 2 aliphatic rings. The zero-order valence-electron chi connectivity index (χ0n) is 16.1. The van der Waals surface area contributed by atoms with Crippen molar-refractivity contribution in [1.82, 2.24) is 20.2 Å². The number of aromatic nitrogens is 2. The number of hydrogen-bond donors (Lipinski definition) is 1. The van der Waals surface area contributed by atoms with E-state index in [1.54, 1.807) is 18.5 Å². The molecule has 0 saturated carbocycles. The number of nitrogens with zero attached hydrogens (tertiary/aromatic N) is 5. The molecule has 2 aromatic rings. The highest BCUT2D eigenvalue weighted by atomic mass is 16.5. The second-order valence-corrected chi connectivity index (χ2v) is 6.82. The Balaban J connectivity index is 1.55. The third-order valence-electron chi connectivity index (χ3n) is 5.10. The quantitative estimate of drug-likeness (QED) is 0.602. The van der Waals surface area contributed by atoms with Gasteiger partial charge in [-0.25, -0.2) is 15.0 Å². The maximum Gasteiger partial charge on any atom is 0.320 e. The molecule has 9 nitrogen and oxygen atoms in total. The van der Waals surface area contributed by atoms with Crippen molar-refractivity contribution in [3.63, 3.8) is 0 Å². The van der Waals surface area contributed by atoms with Gasteiger partial charge in [-0.3, -0.25) is 14.9 Å². The topological polar surface area (TPSA) is 100 Å². The van der Waals surface area contributed by atoms with Crippen molar-refractivity contribution in [1.29, 1.82) is 0 Å². The van der Waals surface area contributed by atoms with Gasteiger partial charge >= 0.3 is 5.97 Å². The van der Waals surface area contributed by atoms with E-state index in [2.05, 4.69) is 20.2 Å². The second-order valence-electron chi connectivity index (χ2n) is 6.82. The number of anilines is 1. The molecular weight excluding hydrogens is 372 g/mol. The summed E-state index contributed by atoms with van der Waals surface area (Å²) >= 11 is 0. The highest BCUT2D eigenvalue weighted by Crippen LogP contribution is 2.30. The Kier molecular flexibility index (Phi) is 5.37. The molecule has 29 heavy (non-hydrogen) atoms. The van der Waals surface area contributed by atoms with Gasteiger partial charge in [0.25, 0.3) is 0 Å². The number of carbonyl (C=O) groups excluding carboxylic acids is 2. The van der Waals surface area contributed by atoms with E-state index in [1.165, 1.54) is 7.11 Å². The van der Waals surface area contributed by atoms with Crippen LogP contribution in [0.15, 0.2) is 53.8 Å². The molecule has 0 spiro atoms. The molecule has 4 rings (SSSR count). The predicted molar refractivity (Wildman–Crippen MR) is 106 cm³/mol. The van der Waals surface area contributed by atoms with Crippen molar-refractivity contribution in [2.24, 2.45) is 10.9 Å². The summed E-state index contributed by atoms with van der Waals surface area (Å²) in [6, 6.07) is 10.5. The first-order valence-corrected chi connectivity index (χ1v) is 9.45. The molecule has 2 atom stereocenters. The average molecular weight is 394 g/mol. The van der Waals surface area contributed by atoms with E-state index in [4.69, 9.17) is 9.73 Å². The number of methoxy groups -OCH3 is 1. The average Bonchev–Trinajstić information content (AvgIpc) is 2.79. The monoisotopic (exact) mass is 394 g/mol. The lowest BCUT2D eigenvalue weighted by Crippen LogP contribution is -2.57. The van der Waals surface area contributed by atoms with Crippen LogP contribution in [0.25, 0.3) is 0 Å². The highest BCUT2D eigenvalue weighted by molar-refractivity contribution is 6.08. The van der Waals surface area contributed by atoms with Crippen molar-refractivity contribution in [2.75, 3.05) is 38.2 Å². The molecule has 0 radical (unpaired) electrons. The van der Waals surface area contributed by atoms with E-state index >= 15 is 0 Å². The molecule has 1 aromatic carbocycles. The number of aliphatic imine (C=N–C) groups is 1. The normalized spacial score (nSPS) is 22.0. The maximum atomic E-state index is 12.8. The number of piperazine rings is 1. The summed E-state index contributed by atoms with van der Waals surface area (Å²) in [6.45, 7) is 2.72. The fourth-order valence-electron chi connectivity index (χ4n) is 3.58. The number of benzene rings is 1. The number of carbonyl (C=O) groups is 2. The first-order valence-electron chi connectivity index (χ1n) is 9.45. The highest BCUT2D eigenvalue weighted by Gasteiger charge is 2.42. The molecule has 3 heterocycles. The lowest BCUT2D eigenvalue weighted by Gasteiger charge is -2.38. The number of esters is 1. The molecule has 1 saturated heterocycles. The minimum atomic E-state index is -1.01. The summed E-state index contributed by atoms with van der Waals surface area (Å²) in [4.78, 5) is 42.4. The van der Waals surface area contributed by atoms with Crippen LogP contribution >= 0.6 is 0 Å². The summed E-state index contributed by atoms with van der Waals surface area (Å²) in [5.41, 5.74) is 0.798. The first kappa shape index (κ1) is 18.9. The maximum absolute atomic E-state index is 12.8. The number of amides is 1. The summed E-state index contributed by atoms with van der Waals surface area (Å²) < 4.78 is 4.85. The molecule has 9 heteroatoms. The Bertz CT molecular complexity index is 897. The molecule has 1 N–H and O–H groups in total. The fraction of sp³-hybridized carbons (Fsp3) is 0.350. The fourth-order valence-corrected chi connectivity index (χ4v) is 3.58. The van der Waals surface area contributed by atoms with Crippen LogP contribution in [0, 0.1) is 5.92 Å². The van der Waals surface area contributed by atoms with E-state index in [9.17, 15) is 9.59 Å². The van der Waals surface area contributed by atoms with Crippen molar-refractivity contribution in [2.45, 2.75) is 6.04 Å². The van der Waals surface area contributed by atoms with Gasteiger partial charge in [-0.1, -0.05) is 30.3 Å². The van der Waals surface area contributed by atoms with Gasteiger partial charge in [0, 0.05) is 38.6 Å². The molecular formula is C20H22N6O3. The van der Waals surface area contributed by atoms with Crippen molar-refractivity contribution >= 4 is 23.8 Å². The SMILES string of the molecule is COC(=O)[C@H]1C(=O)NC(N2CCN(c3ncccn3)CC2)=N[C@@H]1c1ccccc1. The van der Waals surface area contributed by atoms with Crippen LogP contribution in [-0.4, -0.2) is 66.0 Å². The smallest absolute Gasteiger partial charge is 0.320 e. The number of hydrogen-bond acceptors (Lipinski definition) is 8. The van der Waals surface area contributed by atoms with Gasteiger partial charge in [-0.15, -0.1) is 0 Å². The van der Waals surface area contributed by atoms with Crippen molar-refractivity contribution < 1.29 is 14.3 Å². The van der Waals surface area contributed by atoms with Crippen molar-refractivity contribution in [3.05, 3.63) is 54.4 Å². The Hall–Kier alpha value is -3.49. The number of rotatable bonds is 3. The molecule has 1 aromatic heterocycles. The molecule has 0 aliphatic carbocycles.